The molecule has 20 heavy (non-hydrogen) atoms. The average Bonchev–Trinajstić information content (AvgIpc) is 2.62. The maximum atomic E-state index is 12.4. The second-order valence-corrected chi connectivity index (χ2v) is 8.34. The van der Waals surface area contributed by atoms with Crippen LogP contribution in [-0.4, -0.2) is 17.9 Å². The Morgan fingerprint density at radius 1 is 1.35 bits per heavy atom. The van der Waals surface area contributed by atoms with E-state index in [4.69, 9.17) is 4.74 Å². The molecule has 0 fully saturated rings. The summed E-state index contributed by atoms with van der Waals surface area (Å²) in [4.78, 5) is 25.4. The Kier molecular flexibility index (Phi) is 3.80. The Morgan fingerprint density at radius 3 is 2.55 bits per heavy atom. The molecule has 2 rings (SSSR count). The number of hydrogen-bond donors (Lipinski definition) is 0. The highest BCUT2D eigenvalue weighted by Gasteiger charge is 2.34. The smallest absolute Gasteiger partial charge is 0.340 e. The minimum Gasteiger partial charge on any atom is -0.456 e. The molecule has 0 bridgehead atoms. The van der Waals surface area contributed by atoms with Gasteiger partial charge in [0, 0.05) is 4.88 Å². The van der Waals surface area contributed by atoms with Crippen molar-refractivity contribution < 1.29 is 14.3 Å². The zero-order valence-corrected chi connectivity index (χ0v) is 13.6. The van der Waals surface area contributed by atoms with Gasteiger partial charge >= 0.3 is 5.97 Å². The fraction of sp³-hybridized carbons (Fsp3) is 0.625. The lowest BCUT2D eigenvalue weighted by molar-refractivity contribution is 0.00670. The molecule has 0 N–H and O–H groups in total. The van der Waals surface area contributed by atoms with Crippen molar-refractivity contribution in [1.29, 1.82) is 0 Å². The molecule has 0 aliphatic heterocycles. The summed E-state index contributed by atoms with van der Waals surface area (Å²) in [7, 11) is 0. The van der Waals surface area contributed by atoms with Crippen LogP contribution in [0.3, 0.4) is 0 Å². The van der Waals surface area contributed by atoms with E-state index in [0.717, 1.165) is 31.1 Å². The zero-order chi connectivity index (χ0) is 15.1. The third-order valence-electron chi connectivity index (χ3n) is 3.51. The second kappa shape index (κ2) is 4.99. The van der Waals surface area contributed by atoms with Crippen LogP contribution < -0.4 is 0 Å². The third kappa shape index (κ3) is 3.11. The van der Waals surface area contributed by atoms with Gasteiger partial charge < -0.3 is 4.74 Å². The number of rotatable bonds is 2. The summed E-state index contributed by atoms with van der Waals surface area (Å²) in [5.74, 6) is -0.366. The fourth-order valence-corrected chi connectivity index (χ4v) is 3.70. The van der Waals surface area contributed by atoms with E-state index in [0.29, 0.717) is 10.4 Å². The minimum atomic E-state index is -0.545. The molecule has 0 radical (unpaired) electrons. The van der Waals surface area contributed by atoms with Gasteiger partial charge in [0.15, 0.2) is 6.29 Å². The molecule has 1 aromatic rings. The Bertz CT molecular complexity index is 547. The number of hydrogen-bond acceptors (Lipinski definition) is 4. The van der Waals surface area contributed by atoms with E-state index in [9.17, 15) is 9.59 Å². The molecule has 110 valence electrons. The van der Waals surface area contributed by atoms with Crippen LogP contribution in [0, 0.1) is 5.41 Å². The van der Waals surface area contributed by atoms with Crippen molar-refractivity contribution in [2.45, 2.75) is 59.5 Å². The summed E-state index contributed by atoms with van der Waals surface area (Å²) < 4.78 is 5.47. The van der Waals surface area contributed by atoms with E-state index in [1.807, 2.05) is 20.8 Å². The molecule has 1 aliphatic carbocycles. The Hall–Kier alpha value is -1.16. The fourth-order valence-electron chi connectivity index (χ4n) is 2.58. The van der Waals surface area contributed by atoms with Crippen LogP contribution in [0.1, 0.15) is 71.5 Å². The van der Waals surface area contributed by atoms with Crippen LogP contribution in [0.5, 0.6) is 0 Å². The number of ether oxygens (including phenoxy) is 1. The second-order valence-electron chi connectivity index (χ2n) is 7.20. The SMILES string of the molecule is CC1(C)CCc2sc(C=O)c(C(=O)OC(C)(C)C)c2C1. The molecule has 0 unspecified atom stereocenters. The number of fused-ring (bicyclic) bond motifs is 1. The van der Waals surface area contributed by atoms with Crippen molar-refractivity contribution in [3.63, 3.8) is 0 Å². The van der Waals surface area contributed by atoms with Crippen molar-refractivity contribution in [2.75, 3.05) is 0 Å². The molecule has 0 spiro atoms. The summed E-state index contributed by atoms with van der Waals surface area (Å²) in [6.07, 6.45) is 3.65. The van der Waals surface area contributed by atoms with Crippen LogP contribution in [0.2, 0.25) is 0 Å². The Morgan fingerprint density at radius 2 is 2.00 bits per heavy atom. The number of aryl methyl sites for hydroxylation is 1. The van der Waals surface area contributed by atoms with E-state index in [2.05, 4.69) is 13.8 Å². The summed E-state index contributed by atoms with van der Waals surface area (Å²) in [5, 5.41) is 0. The highest BCUT2D eigenvalue weighted by molar-refractivity contribution is 7.14. The molecule has 3 nitrogen and oxygen atoms in total. The van der Waals surface area contributed by atoms with Crippen molar-refractivity contribution >= 4 is 23.6 Å². The van der Waals surface area contributed by atoms with Crippen molar-refractivity contribution in [3.05, 3.63) is 20.9 Å². The molecule has 0 saturated heterocycles. The monoisotopic (exact) mass is 294 g/mol. The topological polar surface area (TPSA) is 43.4 Å². The van der Waals surface area contributed by atoms with Gasteiger partial charge in [0.05, 0.1) is 10.4 Å². The van der Waals surface area contributed by atoms with Gasteiger partial charge in [-0.3, -0.25) is 4.79 Å². The Balaban J connectivity index is 2.44. The molecule has 0 amide bonds. The van der Waals surface area contributed by atoms with Gasteiger partial charge in [-0.1, -0.05) is 13.8 Å². The van der Waals surface area contributed by atoms with Gasteiger partial charge in [-0.05, 0) is 51.0 Å². The van der Waals surface area contributed by atoms with Gasteiger partial charge in [-0.15, -0.1) is 11.3 Å². The molecule has 0 aromatic carbocycles. The van der Waals surface area contributed by atoms with Crippen molar-refractivity contribution in [1.82, 2.24) is 0 Å². The zero-order valence-electron chi connectivity index (χ0n) is 12.8. The van der Waals surface area contributed by atoms with Crippen LogP contribution in [0.25, 0.3) is 0 Å². The van der Waals surface area contributed by atoms with Gasteiger partial charge in [-0.2, -0.15) is 0 Å². The number of carbonyl (C=O) groups is 2. The van der Waals surface area contributed by atoms with Gasteiger partial charge in [0.1, 0.15) is 5.60 Å². The van der Waals surface area contributed by atoms with Crippen molar-refractivity contribution in [3.8, 4) is 0 Å². The molecular weight excluding hydrogens is 272 g/mol. The molecule has 0 atom stereocenters. The predicted octanol–water partition coefficient (Wildman–Crippen LogP) is 4.03. The normalized spacial score (nSPS) is 17.4. The first kappa shape index (κ1) is 15.2. The third-order valence-corrected chi connectivity index (χ3v) is 4.73. The molecule has 1 heterocycles. The lowest BCUT2D eigenvalue weighted by atomic mass is 9.76. The van der Waals surface area contributed by atoms with E-state index >= 15 is 0 Å². The summed E-state index contributed by atoms with van der Waals surface area (Å²) in [6, 6.07) is 0. The van der Waals surface area contributed by atoms with E-state index in [-0.39, 0.29) is 11.4 Å². The highest BCUT2D eigenvalue weighted by atomic mass is 32.1. The first-order valence-corrected chi connectivity index (χ1v) is 7.78. The summed E-state index contributed by atoms with van der Waals surface area (Å²) in [5.41, 5.74) is 1.16. The quantitative estimate of drug-likeness (QED) is 0.611. The number of thiophene rings is 1. The lowest BCUT2D eigenvalue weighted by Crippen LogP contribution is -2.27. The molecule has 1 aromatic heterocycles. The van der Waals surface area contributed by atoms with Gasteiger partial charge in [-0.25, -0.2) is 4.79 Å². The predicted molar refractivity (Wildman–Crippen MR) is 80.7 cm³/mol. The van der Waals surface area contributed by atoms with Crippen LogP contribution >= 0.6 is 11.3 Å². The first-order valence-electron chi connectivity index (χ1n) is 6.96. The summed E-state index contributed by atoms with van der Waals surface area (Å²) >= 11 is 1.45. The molecule has 4 heteroatoms. The molecular formula is C16H22O3S. The van der Waals surface area contributed by atoms with E-state index in [1.54, 1.807) is 0 Å². The lowest BCUT2D eigenvalue weighted by Gasteiger charge is -2.30. The van der Waals surface area contributed by atoms with Gasteiger partial charge in [0.2, 0.25) is 0 Å². The number of esters is 1. The molecule has 0 saturated carbocycles. The average molecular weight is 294 g/mol. The summed E-state index contributed by atoms with van der Waals surface area (Å²) in [6.45, 7) is 9.93. The largest absolute Gasteiger partial charge is 0.456 e. The van der Waals surface area contributed by atoms with Crippen LogP contribution in [-0.2, 0) is 17.6 Å². The van der Waals surface area contributed by atoms with E-state index in [1.165, 1.54) is 16.2 Å². The van der Waals surface area contributed by atoms with Crippen LogP contribution in [0.15, 0.2) is 0 Å². The first-order chi connectivity index (χ1) is 9.13. The van der Waals surface area contributed by atoms with E-state index < -0.39 is 5.60 Å². The standard InChI is InChI=1S/C16H22O3S/c1-15(2,3)19-14(18)13-10-8-16(4,5)7-6-11(10)20-12(13)9-17/h9H,6-8H2,1-5H3. The highest BCUT2D eigenvalue weighted by Crippen LogP contribution is 2.41. The van der Waals surface area contributed by atoms with Crippen molar-refractivity contribution in [2.24, 2.45) is 5.41 Å². The van der Waals surface area contributed by atoms with Crippen LogP contribution in [0.4, 0.5) is 0 Å². The maximum absolute atomic E-state index is 12.4. The van der Waals surface area contributed by atoms with Gasteiger partial charge in [0.25, 0.3) is 0 Å². The minimum absolute atomic E-state index is 0.172. The Labute approximate surface area is 124 Å². The molecule has 1 aliphatic rings. The number of carbonyl (C=O) groups excluding carboxylic acids is 2. The maximum Gasteiger partial charge on any atom is 0.340 e. The number of aldehydes is 1.